The maximum Gasteiger partial charge on any atom is 0.170 e. The van der Waals surface area contributed by atoms with Crippen LogP contribution >= 0.6 is 8.38 Å². The van der Waals surface area contributed by atoms with Crippen LogP contribution in [-0.4, -0.2) is 19.4 Å². The van der Waals surface area contributed by atoms with Crippen molar-refractivity contribution in [3.05, 3.63) is 0 Å². The fourth-order valence-electron chi connectivity index (χ4n) is 3.02. The molecule has 0 unspecified atom stereocenters. The van der Waals surface area contributed by atoms with E-state index in [-0.39, 0.29) is 0 Å². The molecule has 2 nitrogen and oxygen atoms in total. The lowest BCUT2D eigenvalue weighted by Crippen LogP contribution is -1.97. The molecule has 0 fully saturated rings. The van der Waals surface area contributed by atoms with Crippen LogP contribution in [0.2, 0.25) is 0 Å². The summed E-state index contributed by atoms with van der Waals surface area (Å²) in [5.74, 6) is 0. The summed E-state index contributed by atoms with van der Waals surface area (Å²) in [6.45, 7) is 8.53. The zero-order chi connectivity index (χ0) is 18.4. The normalized spacial score (nSPS) is 11.5. The van der Waals surface area contributed by atoms with Gasteiger partial charge in [0.25, 0.3) is 0 Å². The van der Waals surface area contributed by atoms with Crippen LogP contribution in [0.4, 0.5) is 0 Å². The van der Waals surface area contributed by atoms with Gasteiger partial charge in [0.1, 0.15) is 0 Å². The Morgan fingerprint density at radius 2 is 0.760 bits per heavy atom. The second-order valence-electron chi connectivity index (χ2n) is 7.27. The van der Waals surface area contributed by atoms with E-state index >= 15 is 0 Å². The van der Waals surface area contributed by atoms with Crippen molar-refractivity contribution in [2.45, 2.75) is 124 Å². The van der Waals surface area contributed by atoms with Gasteiger partial charge in [0.05, 0.1) is 13.2 Å². The zero-order valence-electron chi connectivity index (χ0n) is 17.7. The maximum absolute atomic E-state index is 5.95. The Hall–Kier alpha value is 0.350. The summed E-state index contributed by atoms with van der Waals surface area (Å²) < 4.78 is 11.9. The van der Waals surface area contributed by atoms with Gasteiger partial charge in [-0.25, -0.2) is 0 Å². The summed E-state index contributed by atoms with van der Waals surface area (Å²) in [6.07, 6.45) is 22.8. The van der Waals surface area contributed by atoms with E-state index in [1.54, 1.807) is 0 Å². The highest BCUT2D eigenvalue weighted by Crippen LogP contribution is 2.38. The minimum Gasteiger partial charge on any atom is -0.334 e. The third-order valence-corrected chi connectivity index (χ3v) is 6.18. The van der Waals surface area contributed by atoms with E-state index in [1.807, 2.05) is 0 Å². The zero-order valence-corrected chi connectivity index (χ0v) is 18.6. The highest BCUT2D eigenvalue weighted by Gasteiger charge is 2.07. The van der Waals surface area contributed by atoms with Gasteiger partial charge in [-0.1, -0.05) is 111 Å². The smallest absolute Gasteiger partial charge is 0.170 e. The van der Waals surface area contributed by atoms with Gasteiger partial charge in [-0.3, -0.25) is 0 Å². The van der Waals surface area contributed by atoms with Crippen molar-refractivity contribution in [3.63, 3.8) is 0 Å². The predicted molar refractivity (Wildman–Crippen MR) is 115 cm³/mol. The standard InChI is InChI=1S/C22H47O2P/c1-4-7-9-11-13-15-17-19-21-23-25(6-3)24-22-20-18-16-14-12-10-8-5-2/h4-22H2,1-3H3. The third-order valence-electron chi connectivity index (χ3n) is 4.72. The molecule has 0 spiro atoms. The van der Waals surface area contributed by atoms with E-state index in [0.717, 1.165) is 19.4 Å². The molecule has 0 radical (unpaired) electrons. The molecule has 0 aromatic rings. The summed E-state index contributed by atoms with van der Waals surface area (Å²) in [6, 6.07) is 0. The average Bonchev–Trinajstić information content (AvgIpc) is 2.63. The SMILES string of the molecule is CCCCCCCCCCOP(CC)OCCCCCCCCCC. The molecule has 3 heteroatoms. The molecule has 0 amide bonds. The Bertz CT molecular complexity index is 214. The van der Waals surface area contributed by atoms with Gasteiger partial charge >= 0.3 is 0 Å². The molecule has 0 rings (SSSR count). The van der Waals surface area contributed by atoms with Gasteiger partial charge < -0.3 is 9.05 Å². The fourth-order valence-corrected chi connectivity index (χ4v) is 4.13. The van der Waals surface area contributed by atoms with E-state index < -0.39 is 8.38 Å². The molecular formula is C22H47O2P. The molecule has 0 saturated heterocycles. The lowest BCUT2D eigenvalue weighted by atomic mass is 10.1. The molecule has 0 aromatic carbocycles. The van der Waals surface area contributed by atoms with Gasteiger partial charge in [-0.2, -0.15) is 0 Å². The molecule has 0 aliphatic rings. The monoisotopic (exact) mass is 374 g/mol. The van der Waals surface area contributed by atoms with E-state index in [9.17, 15) is 0 Å². The minimum atomic E-state index is -0.624. The molecule has 0 heterocycles. The summed E-state index contributed by atoms with van der Waals surface area (Å²) in [5, 5.41) is 0. The largest absolute Gasteiger partial charge is 0.334 e. The van der Waals surface area contributed by atoms with Crippen LogP contribution in [0.5, 0.6) is 0 Å². The molecule has 0 aliphatic carbocycles. The Kier molecular flexibility index (Phi) is 22.7. The number of hydrogen-bond acceptors (Lipinski definition) is 2. The van der Waals surface area contributed by atoms with Crippen molar-refractivity contribution in [3.8, 4) is 0 Å². The molecule has 0 bridgehead atoms. The molecule has 0 atom stereocenters. The Labute approximate surface area is 160 Å². The van der Waals surface area contributed by atoms with Crippen molar-refractivity contribution in [1.29, 1.82) is 0 Å². The number of rotatable bonds is 21. The van der Waals surface area contributed by atoms with Gasteiger partial charge in [-0.15, -0.1) is 0 Å². The first-order valence-corrected chi connectivity index (χ1v) is 12.7. The summed E-state index contributed by atoms with van der Waals surface area (Å²) in [4.78, 5) is 0. The Morgan fingerprint density at radius 3 is 1.08 bits per heavy atom. The van der Waals surface area contributed by atoms with Crippen LogP contribution in [-0.2, 0) is 9.05 Å². The first kappa shape index (κ1) is 25.4. The van der Waals surface area contributed by atoms with Crippen LogP contribution in [0, 0.1) is 0 Å². The van der Waals surface area contributed by atoms with Crippen molar-refractivity contribution in [2.24, 2.45) is 0 Å². The van der Waals surface area contributed by atoms with Gasteiger partial charge in [0.15, 0.2) is 8.38 Å². The van der Waals surface area contributed by atoms with E-state index in [2.05, 4.69) is 20.8 Å². The van der Waals surface area contributed by atoms with Crippen molar-refractivity contribution in [1.82, 2.24) is 0 Å². The van der Waals surface area contributed by atoms with Crippen LogP contribution in [0.3, 0.4) is 0 Å². The average molecular weight is 375 g/mol. The highest BCUT2D eigenvalue weighted by atomic mass is 31.2. The van der Waals surface area contributed by atoms with E-state index in [1.165, 1.54) is 103 Å². The summed E-state index contributed by atoms with van der Waals surface area (Å²) in [7, 11) is -0.624. The lowest BCUT2D eigenvalue weighted by Gasteiger charge is -2.15. The molecule has 0 N–H and O–H groups in total. The van der Waals surface area contributed by atoms with Gasteiger partial charge in [0, 0.05) is 6.16 Å². The van der Waals surface area contributed by atoms with E-state index in [0.29, 0.717) is 0 Å². The molecule has 0 saturated carbocycles. The Balaban J connectivity index is 3.28. The van der Waals surface area contributed by atoms with Crippen molar-refractivity contribution in [2.75, 3.05) is 19.4 Å². The Morgan fingerprint density at radius 1 is 0.440 bits per heavy atom. The third kappa shape index (κ3) is 20.5. The first-order chi connectivity index (χ1) is 12.3. The molecule has 25 heavy (non-hydrogen) atoms. The van der Waals surface area contributed by atoms with Gasteiger partial charge in [0.2, 0.25) is 0 Å². The van der Waals surface area contributed by atoms with Crippen LogP contribution in [0.25, 0.3) is 0 Å². The molecule has 0 aromatic heterocycles. The second kappa shape index (κ2) is 22.4. The van der Waals surface area contributed by atoms with Crippen LogP contribution in [0.1, 0.15) is 124 Å². The first-order valence-electron chi connectivity index (χ1n) is 11.4. The lowest BCUT2D eigenvalue weighted by molar-refractivity contribution is 0.240. The molecule has 152 valence electrons. The van der Waals surface area contributed by atoms with Crippen LogP contribution in [0.15, 0.2) is 0 Å². The van der Waals surface area contributed by atoms with Crippen molar-refractivity contribution < 1.29 is 9.05 Å². The fraction of sp³-hybridized carbons (Fsp3) is 1.00. The maximum atomic E-state index is 5.95. The predicted octanol–water partition coefficient (Wildman–Crippen LogP) is 8.63. The van der Waals surface area contributed by atoms with Gasteiger partial charge in [-0.05, 0) is 12.8 Å². The number of unbranched alkanes of at least 4 members (excludes halogenated alkanes) is 14. The summed E-state index contributed by atoms with van der Waals surface area (Å²) in [5.41, 5.74) is 0. The highest BCUT2D eigenvalue weighted by molar-refractivity contribution is 7.47. The van der Waals surface area contributed by atoms with Crippen LogP contribution < -0.4 is 0 Å². The quantitative estimate of drug-likeness (QED) is 0.148. The second-order valence-corrected chi connectivity index (χ2v) is 9.08. The molecular weight excluding hydrogens is 327 g/mol. The topological polar surface area (TPSA) is 18.5 Å². The summed E-state index contributed by atoms with van der Waals surface area (Å²) >= 11 is 0. The van der Waals surface area contributed by atoms with Crippen molar-refractivity contribution >= 4 is 8.38 Å². The minimum absolute atomic E-state index is 0.624. The van der Waals surface area contributed by atoms with E-state index in [4.69, 9.17) is 9.05 Å². The molecule has 0 aliphatic heterocycles. The number of hydrogen-bond donors (Lipinski definition) is 0.